The third-order valence-electron chi connectivity index (χ3n) is 13.8. The molecule has 0 saturated carbocycles. The fourth-order valence-corrected chi connectivity index (χ4v) is 9.83. The number of fused-ring (bicyclic) bond motifs is 12. The second-order valence-corrected chi connectivity index (χ2v) is 17.6. The highest BCUT2D eigenvalue weighted by Gasteiger charge is 2.22. The van der Waals surface area contributed by atoms with E-state index in [1.165, 1.54) is 134 Å². The van der Waals surface area contributed by atoms with Gasteiger partial charge in [-0.2, -0.15) is 0 Å². The SMILES string of the molecule is CC.CC.CC.CC.Cc1cc2c(cc1C)-c1ccccc1C2.Cc1cc2c(cc1C)-c1ccccc1C2.Cc1ccc2c(c1C)-c1ccccc1C2.Cc1ccc2c(c1C)Cc1ccccc1-2. The van der Waals surface area contributed by atoms with E-state index in [4.69, 9.17) is 0 Å². The summed E-state index contributed by atoms with van der Waals surface area (Å²) in [5.74, 6) is 0. The van der Waals surface area contributed by atoms with E-state index >= 15 is 0 Å². The molecular formula is C68H80. The van der Waals surface area contributed by atoms with Gasteiger partial charge in [-0.1, -0.05) is 201 Å². The van der Waals surface area contributed by atoms with Crippen LogP contribution in [0.15, 0.2) is 146 Å². The highest BCUT2D eigenvalue weighted by Crippen LogP contribution is 2.42. The van der Waals surface area contributed by atoms with Crippen molar-refractivity contribution in [3.63, 3.8) is 0 Å². The number of hydrogen-bond donors (Lipinski definition) is 0. The van der Waals surface area contributed by atoms with E-state index in [2.05, 4.69) is 201 Å². The fraction of sp³-hybridized carbons (Fsp3) is 0.294. The Hall–Kier alpha value is -6.24. The van der Waals surface area contributed by atoms with Gasteiger partial charge in [-0.25, -0.2) is 0 Å². The normalized spacial score (nSPS) is 11.3. The summed E-state index contributed by atoms with van der Waals surface area (Å²) in [5.41, 5.74) is 34.7. The first-order valence-electron chi connectivity index (χ1n) is 25.8. The van der Waals surface area contributed by atoms with Crippen LogP contribution < -0.4 is 0 Å². The minimum atomic E-state index is 1.10. The Kier molecular flexibility index (Phi) is 19.1. The van der Waals surface area contributed by atoms with E-state index in [-0.39, 0.29) is 0 Å². The maximum Gasteiger partial charge on any atom is -0.00107 e. The lowest BCUT2D eigenvalue weighted by molar-refractivity contribution is 1.19. The monoisotopic (exact) mass is 897 g/mol. The van der Waals surface area contributed by atoms with Crippen molar-refractivity contribution in [2.75, 3.05) is 0 Å². The number of aryl methyl sites for hydroxylation is 6. The van der Waals surface area contributed by atoms with Crippen LogP contribution in [0.4, 0.5) is 0 Å². The molecule has 352 valence electrons. The molecular weight excluding hydrogens is 817 g/mol. The topological polar surface area (TPSA) is 0 Å². The first-order chi connectivity index (χ1) is 33.0. The van der Waals surface area contributed by atoms with Crippen molar-refractivity contribution in [2.24, 2.45) is 0 Å². The van der Waals surface area contributed by atoms with Gasteiger partial charge in [0.15, 0.2) is 0 Å². The van der Waals surface area contributed by atoms with Crippen LogP contribution >= 0.6 is 0 Å². The minimum Gasteiger partial charge on any atom is -0.0683 e. The predicted molar refractivity (Wildman–Crippen MR) is 302 cm³/mol. The van der Waals surface area contributed by atoms with Crippen molar-refractivity contribution in [2.45, 2.75) is 136 Å². The molecule has 4 aliphatic carbocycles. The van der Waals surface area contributed by atoms with Gasteiger partial charge in [-0.15, -0.1) is 0 Å². The molecule has 8 aromatic carbocycles. The van der Waals surface area contributed by atoms with E-state index in [1.807, 2.05) is 55.4 Å². The van der Waals surface area contributed by atoms with E-state index < -0.39 is 0 Å². The average molecular weight is 897 g/mol. The van der Waals surface area contributed by atoms with Gasteiger partial charge in [0.05, 0.1) is 0 Å². The standard InChI is InChI=1S/4C15H14.4C2H6/c2*1-10-7-13-9-12-5-3-4-6-14(12)15(13)8-11(10)2;1-10-7-8-13-9-12-5-3-4-6-14(12)15(13)11(10)2;1-10-7-8-14-13-6-4-3-5-12(13)9-15(14)11(10)2;4*1-2/h4*3-8H,9H2,1-2H3;4*1-2H3. The molecule has 68 heavy (non-hydrogen) atoms. The molecule has 0 amide bonds. The number of hydrogen-bond acceptors (Lipinski definition) is 0. The molecule has 0 bridgehead atoms. The number of benzene rings is 8. The van der Waals surface area contributed by atoms with E-state index in [0.717, 1.165) is 25.7 Å². The van der Waals surface area contributed by atoms with E-state index in [9.17, 15) is 0 Å². The lowest BCUT2D eigenvalue weighted by Crippen LogP contribution is -1.89. The molecule has 4 aliphatic rings. The van der Waals surface area contributed by atoms with Gasteiger partial charge < -0.3 is 0 Å². The van der Waals surface area contributed by atoms with Crippen LogP contribution in [-0.4, -0.2) is 0 Å². The summed E-state index contributed by atoms with van der Waals surface area (Å²) in [7, 11) is 0. The van der Waals surface area contributed by atoms with Gasteiger partial charge in [0.1, 0.15) is 0 Å². The Morgan fingerprint density at radius 2 is 0.574 bits per heavy atom. The van der Waals surface area contributed by atoms with Gasteiger partial charge in [-0.3, -0.25) is 0 Å². The zero-order valence-electron chi connectivity index (χ0n) is 44.7. The molecule has 0 atom stereocenters. The quantitative estimate of drug-likeness (QED) is 0.142. The first-order valence-corrected chi connectivity index (χ1v) is 25.8. The average Bonchev–Trinajstić information content (AvgIpc) is 4.15. The largest absolute Gasteiger partial charge is 0.0683 e. The van der Waals surface area contributed by atoms with Crippen molar-refractivity contribution in [1.82, 2.24) is 0 Å². The van der Waals surface area contributed by atoms with Crippen LogP contribution in [-0.2, 0) is 25.7 Å². The summed E-state index contributed by atoms with van der Waals surface area (Å²) >= 11 is 0. The van der Waals surface area contributed by atoms with Crippen LogP contribution in [0.3, 0.4) is 0 Å². The molecule has 0 N–H and O–H groups in total. The van der Waals surface area contributed by atoms with Crippen LogP contribution in [0.1, 0.15) is 144 Å². The molecule has 0 nitrogen and oxygen atoms in total. The maximum atomic E-state index is 2.34. The Balaban J connectivity index is 0.000000161. The smallest absolute Gasteiger partial charge is 0.00107 e. The second kappa shape index (κ2) is 24.7. The van der Waals surface area contributed by atoms with E-state index in [0.29, 0.717) is 0 Å². The number of rotatable bonds is 0. The van der Waals surface area contributed by atoms with Gasteiger partial charge >= 0.3 is 0 Å². The summed E-state index contributed by atoms with van der Waals surface area (Å²) < 4.78 is 0. The molecule has 12 rings (SSSR count). The lowest BCUT2D eigenvalue weighted by atomic mass is 9.97. The Labute approximate surface area is 413 Å². The molecule has 0 radical (unpaired) electrons. The summed E-state index contributed by atoms with van der Waals surface area (Å²) in [4.78, 5) is 0. The Morgan fingerprint density at radius 1 is 0.235 bits per heavy atom. The third kappa shape index (κ3) is 11.2. The summed E-state index contributed by atoms with van der Waals surface area (Å²) in [6, 6.07) is 53.3. The third-order valence-corrected chi connectivity index (χ3v) is 13.8. The fourth-order valence-electron chi connectivity index (χ4n) is 9.83. The Morgan fingerprint density at radius 3 is 1.04 bits per heavy atom. The van der Waals surface area contributed by atoms with Crippen molar-refractivity contribution in [3.8, 4) is 44.5 Å². The van der Waals surface area contributed by atoms with Gasteiger partial charge in [0, 0.05) is 0 Å². The van der Waals surface area contributed by atoms with E-state index in [1.54, 1.807) is 0 Å². The second-order valence-electron chi connectivity index (χ2n) is 17.6. The van der Waals surface area contributed by atoms with Crippen molar-refractivity contribution in [3.05, 3.63) is 235 Å². The highest BCUT2D eigenvalue weighted by atomic mass is 14.3. The molecule has 0 aromatic heterocycles. The molecule has 0 spiro atoms. The van der Waals surface area contributed by atoms with Gasteiger partial charge in [-0.05, 0) is 215 Å². The predicted octanol–water partition coefficient (Wildman–Crippen LogP) is 19.6. The highest BCUT2D eigenvalue weighted by molar-refractivity contribution is 5.81. The van der Waals surface area contributed by atoms with Crippen LogP contribution in [0.25, 0.3) is 44.5 Å². The summed E-state index contributed by atoms with van der Waals surface area (Å²) in [6.07, 6.45) is 4.42. The summed E-state index contributed by atoms with van der Waals surface area (Å²) in [5, 5.41) is 0. The molecule has 0 heterocycles. The maximum absolute atomic E-state index is 2.34. The zero-order valence-corrected chi connectivity index (χ0v) is 44.7. The first kappa shape index (κ1) is 52.7. The molecule has 0 saturated heterocycles. The van der Waals surface area contributed by atoms with Gasteiger partial charge in [0.2, 0.25) is 0 Å². The van der Waals surface area contributed by atoms with Crippen LogP contribution in [0.5, 0.6) is 0 Å². The lowest BCUT2D eigenvalue weighted by Gasteiger charge is -2.08. The van der Waals surface area contributed by atoms with Crippen molar-refractivity contribution < 1.29 is 0 Å². The summed E-state index contributed by atoms with van der Waals surface area (Å²) in [6.45, 7) is 33.6. The van der Waals surface area contributed by atoms with Crippen molar-refractivity contribution in [1.29, 1.82) is 0 Å². The molecule has 0 heteroatoms. The minimum absolute atomic E-state index is 1.10. The van der Waals surface area contributed by atoms with Gasteiger partial charge in [0.25, 0.3) is 0 Å². The molecule has 0 fully saturated rings. The molecule has 8 aromatic rings. The molecule has 0 unspecified atom stereocenters. The van der Waals surface area contributed by atoms with Crippen molar-refractivity contribution >= 4 is 0 Å². The van der Waals surface area contributed by atoms with Crippen LogP contribution in [0.2, 0.25) is 0 Å². The van der Waals surface area contributed by atoms with Crippen LogP contribution in [0, 0.1) is 55.4 Å². The zero-order chi connectivity index (χ0) is 49.7. The Bertz CT molecular complexity index is 2840. The molecule has 0 aliphatic heterocycles.